The van der Waals surface area contributed by atoms with E-state index in [1.54, 1.807) is 31.4 Å². The van der Waals surface area contributed by atoms with Crippen molar-refractivity contribution in [1.29, 1.82) is 0 Å². The van der Waals surface area contributed by atoms with Crippen LogP contribution in [0.1, 0.15) is 105 Å². The van der Waals surface area contributed by atoms with Crippen LogP contribution >= 0.6 is 0 Å². The number of aliphatic hydroxyl groups is 3. The van der Waals surface area contributed by atoms with E-state index in [4.69, 9.17) is 23.8 Å². The molecule has 0 radical (unpaired) electrons. The Morgan fingerprint density at radius 1 is 0.983 bits per heavy atom. The van der Waals surface area contributed by atoms with Gasteiger partial charge >= 0.3 is 0 Å². The van der Waals surface area contributed by atoms with Gasteiger partial charge in [0.15, 0.2) is 0 Å². The molecule has 12 heteroatoms. The van der Waals surface area contributed by atoms with Crippen LogP contribution in [0.25, 0.3) is 0 Å². The fraction of sp³-hybridized carbons (Fsp3) is 0.596. The van der Waals surface area contributed by atoms with Gasteiger partial charge in [0.2, 0.25) is 11.7 Å². The lowest BCUT2D eigenvalue weighted by atomic mass is 9.55. The predicted molar refractivity (Wildman–Crippen MR) is 225 cm³/mol. The molecule has 2 aromatic rings. The zero-order chi connectivity index (χ0) is 41.6. The highest BCUT2D eigenvalue weighted by atomic mass is 16.7. The van der Waals surface area contributed by atoms with Crippen molar-refractivity contribution in [2.75, 3.05) is 53.3 Å². The number of hydrogen-bond donors (Lipinski definition) is 3. The molecule has 2 aromatic carbocycles. The van der Waals surface area contributed by atoms with Gasteiger partial charge < -0.3 is 44.0 Å². The largest absolute Gasteiger partial charge is 0.459 e. The van der Waals surface area contributed by atoms with Gasteiger partial charge in [-0.2, -0.15) is 0 Å². The van der Waals surface area contributed by atoms with Gasteiger partial charge in [0.1, 0.15) is 36.7 Å². The summed E-state index contributed by atoms with van der Waals surface area (Å²) in [4.78, 5) is 33.8. The van der Waals surface area contributed by atoms with Crippen molar-refractivity contribution >= 4 is 17.9 Å². The Balaban J connectivity index is 1.53. The van der Waals surface area contributed by atoms with E-state index in [0.717, 1.165) is 68.1 Å². The molecule has 2 fully saturated rings. The third-order valence-electron chi connectivity index (χ3n) is 12.7. The first kappa shape index (κ1) is 44.5. The number of aliphatic hydroxyl groups excluding tert-OH is 3. The third kappa shape index (κ3) is 10.5. The molecule has 0 aromatic heterocycles. The minimum Gasteiger partial charge on any atom is -0.459 e. The third-order valence-corrected chi connectivity index (χ3v) is 12.7. The average molecular weight is 817 g/mol. The lowest BCUT2D eigenvalue weighted by Gasteiger charge is -2.60. The molecule has 1 heterocycles. The number of aldehydes is 1. The molecule has 0 spiro atoms. The van der Waals surface area contributed by atoms with Gasteiger partial charge in [-0.1, -0.05) is 68.0 Å². The smallest absolute Gasteiger partial charge is 0.239 e. The molecular formula is C47H64N2O10. The number of amides is 1. The van der Waals surface area contributed by atoms with Crippen LogP contribution < -0.4 is 9.47 Å². The second-order valence-electron chi connectivity index (χ2n) is 16.4. The summed E-state index contributed by atoms with van der Waals surface area (Å²) in [6.07, 6.45) is 15.6. The fourth-order valence-electron chi connectivity index (χ4n) is 10.2. The van der Waals surface area contributed by atoms with E-state index in [1.165, 1.54) is 12.8 Å². The van der Waals surface area contributed by atoms with E-state index >= 15 is 0 Å². The van der Waals surface area contributed by atoms with Crippen molar-refractivity contribution in [3.05, 3.63) is 77.9 Å². The van der Waals surface area contributed by atoms with Crippen LogP contribution in [0.4, 0.5) is 0 Å². The number of carbonyl (C=O) groups is 2. The maximum Gasteiger partial charge on any atom is 0.239 e. The van der Waals surface area contributed by atoms with Crippen molar-refractivity contribution in [2.45, 2.75) is 101 Å². The zero-order valence-electron chi connectivity index (χ0n) is 34.7. The molecule has 3 aliphatic carbocycles. The number of nitrogens with zero attached hydrogens (tertiary/aromatic N) is 2. The van der Waals surface area contributed by atoms with Crippen LogP contribution in [0, 0.1) is 23.7 Å². The van der Waals surface area contributed by atoms with Gasteiger partial charge in [-0.05, 0) is 85.8 Å². The molecule has 12 nitrogen and oxygen atoms in total. The number of hydrogen-bond acceptors (Lipinski definition) is 11. The summed E-state index contributed by atoms with van der Waals surface area (Å²) in [6, 6.07) is 12.2. The van der Waals surface area contributed by atoms with Gasteiger partial charge in [0.25, 0.3) is 0 Å². The first-order chi connectivity index (χ1) is 28.9. The Hall–Kier alpha value is -4.07. The topological polar surface area (TPSA) is 157 Å². The molecule has 1 aliphatic heterocycles. The number of allylic oxidation sites excluding steroid dienone is 1. The predicted octanol–water partition coefficient (Wildman–Crippen LogP) is 7.36. The minimum absolute atomic E-state index is 0.00953. The number of ether oxygens (including phenoxy) is 4. The second-order valence-corrected chi connectivity index (χ2v) is 16.4. The SMILES string of the molecule is C=CCOC12Oc3ccc(Oc4cccc(C=O)c4)cc3C3C(CCCCO)C(CCCCO)C=C(C(=NOC)CC1N(CCOCCO)C(=O)CCC1CCCC1)C32. The summed E-state index contributed by atoms with van der Waals surface area (Å²) in [5.74, 6) is 0.346. The van der Waals surface area contributed by atoms with Crippen LogP contribution in [0.3, 0.4) is 0 Å². The first-order valence-corrected chi connectivity index (χ1v) is 21.7. The number of oxime groups is 1. The number of benzene rings is 2. The van der Waals surface area contributed by atoms with E-state index < -0.39 is 17.7 Å². The van der Waals surface area contributed by atoms with Gasteiger partial charge in [0, 0.05) is 49.6 Å². The Morgan fingerprint density at radius 2 is 1.76 bits per heavy atom. The van der Waals surface area contributed by atoms with E-state index in [9.17, 15) is 24.9 Å². The van der Waals surface area contributed by atoms with Crippen LogP contribution in [0.15, 0.2) is 71.9 Å². The molecule has 2 saturated carbocycles. The molecule has 59 heavy (non-hydrogen) atoms. The van der Waals surface area contributed by atoms with E-state index in [2.05, 4.69) is 17.8 Å². The van der Waals surface area contributed by atoms with Crippen molar-refractivity contribution < 1.29 is 48.7 Å². The van der Waals surface area contributed by atoms with Gasteiger partial charge in [0.05, 0.1) is 38.1 Å². The lowest BCUT2D eigenvalue weighted by Crippen LogP contribution is -2.70. The van der Waals surface area contributed by atoms with Crippen molar-refractivity contribution in [3.8, 4) is 17.2 Å². The quantitative estimate of drug-likeness (QED) is 0.0424. The number of rotatable bonds is 24. The Labute approximate surface area is 349 Å². The molecule has 4 aliphatic rings. The number of fused-ring (bicyclic) bond motifs is 2. The van der Waals surface area contributed by atoms with Gasteiger partial charge in [-0.15, -0.1) is 6.58 Å². The van der Waals surface area contributed by atoms with Crippen molar-refractivity contribution in [3.63, 3.8) is 0 Å². The summed E-state index contributed by atoms with van der Waals surface area (Å²) in [6.45, 7) is 4.89. The summed E-state index contributed by atoms with van der Waals surface area (Å²) in [7, 11) is 1.54. The standard InChI is InChI=1S/C47H64N2O10/c1-3-25-57-47-43(49(21-26-56-27-24-52)44(54)20-17-33-11-4-5-12-33)31-41(48-55-2)39-29-35(14-6-8-22-50)38(16-7-9-23-51)45(46(39)47)40-30-37(18-19-42(40)59-47)58-36-15-10-13-34(28-36)32-53/h3,10,13,15,18-19,28-30,32-33,35,38,43,45-46,50-52H,1,4-9,11-12,14,16-17,20-27,31H2,2H3. The molecule has 6 unspecified atom stereocenters. The summed E-state index contributed by atoms with van der Waals surface area (Å²) in [5.41, 5.74) is 3.12. The lowest BCUT2D eigenvalue weighted by molar-refractivity contribution is -0.258. The monoisotopic (exact) mass is 816 g/mol. The van der Waals surface area contributed by atoms with Gasteiger partial charge in [-0.25, -0.2) is 0 Å². The highest BCUT2D eigenvalue weighted by molar-refractivity contribution is 6.03. The van der Waals surface area contributed by atoms with Crippen LogP contribution in [0.2, 0.25) is 0 Å². The van der Waals surface area contributed by atoms with Crippen molar-refractivity contribution in [2.24, 2.45) is 28.8 Å². The van der Waals surface area contributed by atoms with E-state index in [-0.39, 0.29) is 69.8 Å². The second kappa shape index (κ2) is 22.0. The minimum atomic E-state index is -1.38. The molecular weight excluding hydrogens is 753 g/mol. The number of unbranched alkanes of at least 4 members (excludes halogenated alkanes) is 2. The Kier molecular flexibility index (Phi) is 16.6. The van der Waals surface area contributed by atoms with Gasteiger partial charge in [-0.3, -0.25) is 9.59 Å². The van der Waals surface area contributed by atoms with E-state index in [0.29, 0.717) is 54.4 Å². The Bertz CT molecular complexity index is 1760. The maximum absolute atomic E-state index is 14.7. The highest BCUT2D eigenvalue weighted by Crippen LogP contribution is 2.62. The van der Waals surface area contributed by atoms with Crippen LogP contribution in [0.5, 0.6) is 17.2 Å². The van der Waals surface area contributed by atoms with Crippen LogP contribution in [-0.4, -0.2) is 103 Å². The van der Waals surface area contributed by atoms with E-state index in [1.807, 2.05) is 29.2 Å². The number of carbonyl (C=O) groups excluding carboxylic acids is 2. The highest BCUT2D eigenvalue weighted by Gasteiger charge is 2.65. The summed E-state index contributed by atoms with van der Waals surface area (Å²) < 4.78 is 26.6. The normalized spacial score (nSPS) is 25.4. The Morgan fingerprint density at radius 3 is 2.49 bits per heavy atom. The molecule has 6 atom stereocenters. The first-order valence-electron chi connectivity index (χ1n) is 21.7. The van der Waals surface area contributed by atoms with Crippen LogP contribution in [-0.2, 0) is 19.1 Å². The molecule has 3 N–H and O–H groups in total. The average Bonchev–Trinajstić information content (AvgIpc) is 3.78. The maximum atomic E-state index is 14.7. The zero-order valence-corrected chi connectivity index (χ0v) is 34.7. The summed E-state index contributed by atoms with van der Waals surface area (Å²) >= 11 is 0. The fourth-order valence-corrected chi connectivity index (χ4v) is 10.2. The molecule has 0 saturated heterocycles. The molecule has 322 valence electrons. The molecule has 1 amide bonds. The molecule has 6 rings (SSSR count). The van der Waals surface area contributed by atoms with Crippen molar-refractivity contribution in [1.82, 2.24) is 4.90 Å². The molecule has 0 bridgehead atoms. The summed E-state index contributed by atoms with van der Waals surface area (Å²) in [5, 5.41) is 34.0.